The normalized spacial score (nSPS) is 19.9. The van der Waals surface area contributed by atoms with Crippen LogP contribution in [0.15, 0.2) is 24.3 Å². The highest BCUT2D eigenvalue weighted by Gasteiger charge is 2.34. The molecule has 6 nitrogen and oxygen atoms in total. The van der Waals surface area contributed by atoms with Gasteiger partial charge in [-0.25, -0.2) is 4.68 Å². The Hall–Kier alpha value is -1.77. The number of anilines is 1. The second-order valence-electron chi connectivity index (χ2n) is 6.78. The summed E-state index contributed by atoms with van der Waals surface area (Å²) in [5.74, 6) is 3.05. The van der Waals surface area contributed by atoms with Crippen molar-refractivity contribution in [1.82, 2.24) is 9.78 Å². The van der Waals surface area contributed by atoms with Gasteiger partial charge in [-0.3, -0.25) is 9.69 Å². The molecule has 0 radical (unpaired) electrons. The second-order valence-corrected chi connectivity index (χ2v) is 8.29. The van der Waals surface area contributed by atoms with Gasteiger partial charge < -0.3 is 9.47 Å². The molecule has 0 saturated heterocycles. The molecule has 1 atom stereocenters. The number of carbonyl (C=O) groups is 1. The highest BCUT2D eigenvalue weighted by atomic mass is 127. The zero-order valence-corrected chi connectivity index (χ0v) is 17.1. The number of rotatable bonds is 5. The van der Waals surface area contributed by atoms with Gasteiger partial charge in [-0.05, 0) is 31.4 Å². The molecule has 7 heteroatoms. The van der Waals surface area contributed by atoms with Crippen LogP contribution < -0.4 is 14.4 Å². The van der Waals surface area contributed by atoms with E-state index < -0.39 is 0 Å². The largest absolute Gasteiger partial charge is 0.497 e. The highest BCUT2D eigenvalue weighted by molar-refractivity contribution is 14.1. The molecular weight excluding hydrogens is 445 g/mol. The lowest BCUT2D eigenvalue weighted by atomic mass is 10.1. The smallest absolute Gasteiger partial charge is 0.241 e. The molecule has 26 heavy (non-hydrogen) atoms. The quantitative estimate of drug-likeness (QED) is 0.499. The van der Waals surface area contributed by atoms with Gasteiger partial charge in [-0.15, -0.1) is 0 Å². The summed E-state index contributed by atoms with van der Waals surface area (Å²) >= 11 is 2.24. The van der Waals surface area contributed by atoms with Crippen LogP contribution in [0.5, 0.6) is 11.5 Å². The Morgan fingerprint density at radius 1 is 1.19 bits per heavy atom. The summed E-state index contributed by atoms with van der Waals surface area (Å²) in [6.07, 6.45) is 3.20. The third-order valence-corrected chi connectivity index (χ3v) is 6.16. The Morgan fingerprint density at radius 3 is 2.69 bits per heavy atom. The van der Waals surface area contributed by atoms with E-state index in [0.29, 0.717) is 12.5 Å². The van der Waals surface area contributed by atoms with Crippen LogP contribution in [0.4, 0.5) is 5.82 Å². The number of benzene rings is 1. The van der Waals surface area contributed by atoms with Gasteiger partial charge in [0.1, 0.15) is 17.3 Å². The lowest BCUT2D eigenvalue weighted by Crippen LogP contribution is -2.35. The fraction of sp³-hybridized carbons (Fsp3) is 0.474. The SMILES string of the molecule is COc1ccc(CN2C(=O)C(I)CCn3nc(C4CC4)cc32)c(OC)c1. The van der Waals surface area contributed by atoms with Gasteiger partial charge >= 0.3 is 0 Å². The average Bonchev–Trinajstić information content (AvgIpc) is 3.44. The van der Waals surface area contributed by atoms with E-state index >= 15 is 0 Å². The molecular formula is C19H22IN3O3. The first kappa shape index (κ1) is 17.6. The second kappa shape index (κ2) is 7.09. The summed E-state index contributed by atoms with van der Waals surface area (Å²) in [5.41, 5.74) is 2.07. The van der Waals surface area contributed by atoms with E-state index in [0.717, 1.165) is 41.5 Å². The maximum absolute atomic E-state index is 13.0. The van der Waals surface area contributed by atoms with Crippen LogP contribution >= 0.6 is 22.6 Å². The molecule has 1 aliphatic heterocycles. The van der Waals surface area contributed by atoms with Gasteiger partial charge in [-0.2, -0.15) is 5.10 Å². The van der Waals surface area contributed by atoms with Crippen molar-refractivity contribution < 1.29 is 14.3 Å². The summed E-state index contributed by atoms with van der Waals surface area (Å²) in [6, 6.07) is 7.81. The van der Waals surface area contributed by atoms with Crippen LogP contribution in [0.3, 0.4) is 0 Å². The summed E-state index contributed by atoms with van der Waals surface area (Å²) < 4.78 is 12.7. The lowest BCUT2D eigenvalue weighted by molar-refractivity contribution is -0.117. The van der Waals surface area contributed by atoms with Gasteiger partial charge in [0.05, 0.1) is 30.4 Å². The summed E-state index contributed by atoms with van der Waals surface area (Å²) in [7, 11) is 3.27. The van der Waals surface area contributed by atoms with Crippen molar-refractivity contribution in [2.24, 2.45) is 0 Å². The predicted octanol–water partition coefficient (Wildman–Crippen LogP) is 3.52. The molecule has 0 bridgehead atoms. The van der Waals surface area contributed by atoms with Gasteiger partial charge in [0.2, 0.25) is 5.91 Å². The predicted molar refractivity (Wildman–Crippen MR) is 107 cm³/mol. The average molecular weight is 467 g/mol. The van der Waals surface area contributed by atoms with Crippen LogP contribution in [0, 0.1) is 0 Å². The molecule has 2 heterocycles. The van der Waals surface area contributed by atoms with E-state index in [4.69, 9.17) is 14.6 Å². The van der Waals surface area contributed by atoms with Crippen molar-refractivity contribution in [3.63, 3.8) is 0 Å². The molecule has 2 aliphatic rings. The Labute approximate surface area is 166 Å². The van der Waals surface area contributed by atoms with Gasteiger partial charge in [0, 0.05) is 30.2 Å². The maximum atomic E-state index is 13.0. The number of carbonyl (C=O) groups excluding carboxylic acids is 1. The number of amides is 1. The van der Waals surface area contributed by atoms with E-state index in [1.165, 1.54) is 12.8 Å². The Balaban J connectivity index is 1.70. The van der Waals surface area contributed by atoms with Crippen LogP contribution in [0.25, 0.3) is 0 Å². The molecule has 1 aromatic carbocycles. The van der Waals surface area contributed by atoms with Crippen LogP contribution in [0.1, 0.15) is 36.4 Å². The zero-order valence-electron chi connectivity index (χ0n) is 14.9. The molecule has 0 N–H and O–H groups in total. The number of alkyl halides is 1. The summed E-state index contributed by atoms with van der Waals surface area (Å²) in [4.78, 5) is 14.9. The van der Waals surface area contributed by atoms with Gasteiger partial charge in [0.25, 0.3) is 0 Å². The Kier molecular flexibility index (Phi) is 4.81. The van der Waals surface area contributed by atoms with Gasteiger partial charge in [0.15, 0.2) is 0 Å². The minimum absolute atomic E-state index is 0.0529. The summed E-state index contributed by atoms with van der Waals surface area (Å²) in [6.45, 7) is 1.24. The number of nitrogens with zero attached hydrogens (tertiary/aromatic N) is 3. The monoisotopic (exact) mass is 467 g/mol. The van der Waals surface area contributed by atoms with E-state index in [2.05, 4.69) is 28.7 Å². The Morgan fingerprint density at radius 2 is 2.00 bits per heavy atom. The number of ether oxygens (including phenoxy) is 2. The topological polar surface area (TPSA) is 56.6 Å². The van der Waals surface area contributed by atoms with Crippen molar-refractivity contribution in [3.05, 3.63) is 35.5 Å². The number of fused-ring (bicyclic) bond motifs is 1. The van der Waals surface area contributed by atoms with E-state index in [-0.39, 0.29) is 9.83 Å². The number of aromatic nitrogens is 2. The third kappa shape index (κ3) is 3.28. The molecule has 1 aromatic heterocycles. The molecule has 1 saturated carbocycles. The van der Waals surface area contributed by atoms with Crippen molar-refractivity contribution in [1.29, 1.82) is 0 Å². The lowest BCUT2D eigenvalue weighted by Gasteiger charge is -2.23. The minimum atomic E-state index is -0.0529. The number of hydrogen-bond acceptors (Lipinski definition) is 4. The van der Waals surface area contributed by atoms with E-state index in [9.17, 15) is 4.79 Å². The summed E-state index contributed by atoms with van der Waals surface area (Å²) in [5, 5.41) is 4.77. The molecule has 138 valence electrons. The van der Waals surface area contributed by atoms with Crippen molar-refractivity contribution in [3.8, 4) is 11.5 Å². The fourth-order valence-corrected chi connectivity index (χ4v) is 3.95. The van der Waals surface area contributed by atoms with E-state index in [1.807, 2.05) is 27.8 Å². The van der Waals surface area contributed by atoms with E-state index in [1.54, 1.807) is 14.2 Å². The molecule has 1 aliphatic carbocycles. The van der Waals surface area contributed by atoms with Crippen molar-refractivity contribution >= 4 is 34.3 Å². The fourth-order valence-electron chi connectivity index (χ4n) is 3.34. The van der Waals surface area contributed by atoms with Crippen LogP contribution in [-0.2, 0) is 17.9 Å². The molecule has 2 aromatic rings. The number of aryl methyl sites for hydroxylation is 1. The zero-order chi connectivity index (χ0) is 18.3. The van der Waals surface area contributed by atoms with Gasteiger partial charge in [-0.1, -0.05) is 22.6 Å². The number of methoxy groups -OCH3 is 2. The number of hydrogen-bond donors (Lipinski definition) is 0. The molecule has 4 rings (SSSR count). The first-order valence-corrected chi connectivity index (χ1v) is 10.1. The van der Waals surface area contributed by atoms with Crippen LogP contribution in [0.2, 0.25) is 0 Å². The van der Waals surface area contributed by atoms with Crippen molar-refractivity contribution in [2.45, 2.75) is 42.2 Å². The van der Waals surface area contributed by atoms with Crippen LogP contribution in [-0.4, -0.2) is 33.8 Å². The minimum Gasteiger partial charge on any atom is -0.497 e. The molecule has 1 unspecified atom stereocenters. The molecule has 1 fully saturated rings. The first-order valence-electron chi connectivity index (χ1n) is 8.85. The maximum Gasteiger partial charge on any atom is 0.241 e. The first-order chi connectivity index (χ1) is 12.6. The standard InChI is InChI=1S/C19H22IN3O3/c1-25-14-6-5-13(17(9-14)26-2)11-22-18-10-16(12-3-4-12)21-23(18)8-7-15(20)19(22)24/h5-6,9-10,12,15H,3-4,7-8,11H2,1-2H3. The Bertz CT molecular complexity index is 831. The number of halogens is 1. The molecule has 1 amide bonds. The highest BCUT2D eigenvalue weighted by Crippen LogP contribution is 2.41. The molecule has 0 spiro atoms. The third-order valence-electron chi connectivity index (χ3n) is 5.00. The van der Waals surface area contributed by atoms with Crippen molar-refractivity contribution in [2.75, 3.05) is 19.1 Å².